The molecule has 0 saturated heterocycles. The summed E-state index contributed by atoms with van der Waals surface area (Å²) in [6.07, 6.45) is 4.22. The Morgan fingerprint density at radius 3 is 2.73 bits per heavy atom. The Morgan fingerprint density at radius 1 is 1.31 bits per heavy atom. The zero-order valence-electron chi connectivity index (χ0n) is 16.3. The van der Waals surface area contributed by atoms with Crippen LogP contribution >= 0.6 is 0 Å². The number of ether oxygens (including phenoxy) is 1. The predicted molar refractivity (Wildman–Crippen MR) is 107 cm³/mol. The van der Waals surface area contributed by atoms with Crippen LogP contribution in [0.1, 0.15) is 32.8 Å². The lowest BCUT2D eigenvalue weighted by Gasteiger charge is -2.19. The molecule has 0 aliphatic rings. The SMILES string of the molecule is CCCNc1nc2cc(/C=C/C(=O)OC)ccc2n1CCN(CC)CC. The summed E-state index contributed by atoms with van der Waals surface area (Å²) in [6, 6.07) is 6.07. The van der Waals surface area contributed by atoms with Gasteiger partial charge >= 0.3 is 5.97 Å². The fourth-order valence-electron chi connectivity index (χ4n) is 2.86. The van der Waals surface area contributed by atoms with E-state index in [-0.39, 0.29) is 5.97 Å². The Morgan fingerprint density at radius 2 is 2.08 bits per heavy atom. The van der Waals surface area contributed by atoms with Gasteiger partial charge < -0.3 is 19.5 Å². The first kappa shape index (κ1) is 20.0. The normalized spacial score (nSPS) is 11.6. The fourth-order valence-corrected chi connectivity index (χ4v) is 2.86. The van der Waals surface area contributed by atoms with Crippen molar-refractivity contribution >= 4 is 29.0 Å². The molecule has 0 bridgehead atoms. The zero-order chi connectivity index (χ0) is 18.9. The van der Waals surface area contributed by atoms with Crippen LogP contribution in [0.25, 0.3) is 17.1 Å². The average molecular weight is 358 g/mol. The van der Waals surface area contributed by atoms with E-state index in [2.05, 4.69) is 46.4 Å². The number of likely N-dealkylation sites (N-methyl/N-ethyl adjacent to an activating group) is 1. The minimum absolute atomic E-state index is 0.361. The van der Waals surface area contributed by atoms with Gasteiger partial charge in [-0.1, -0.05) is 26.8 Å². The van der Waals surface area contributed by atoms with Crippen molar-refractivity contribution < 1.29 is 9.53 Å². The molecule has 0 radical (unpaired) electrons. The van der Waals surface area contributed by atoms with Gasteiger partial charge in [0.05, 0.1) is 18.1 Å². The Balaban J connectivity index is 2.31. The lowest BCUT2D eigenvalue weighted by molar-refractivity contribution is -0.134. The van der Waals surface area contributed by atoms with Crippen molar-refractivity contribution in [2.24, 2.45) is 0 Å². The van der Waals surface area contributed by atoms with Crippen LogP contribution in [0.15, 0.2) is 24.3 Å². The largest absolute Gasteiger partial charge is 0.466 e. The van der Waals surface area contributed by atoms with Crippen LogP contribution in [-0.2, 0) is 16.1 Å². The van der Waals surface area contributed by atoms with Gasteiger partial charge in [0.25, 0.3) is 0 Å². The average Bonchev–Trinajstić information content (AvgIpc) is 3.01. The number of esters is 1. The number of carbonyl (C=O) groups is 1. The molecular formula is C20H30N4O2. The minimum Gasteiger partial charge on any atom is -0.466 e. The van der Waals surface area contributed by atoms with E-state index < -0.39 is 0 Å². The molecule has 6 heteroatoms. The molecule has 0 atom stereocenters. The van der Waals surface area contributed by atoms with Crippen LogP contribution in [0.5, 0.6) is 0 Å². The van der Waals surface area contributed by atoms with Crippen LogP contribution in [0.2, 0.25) is 0 Å². The maximum Gasteiger partial charge on any atom is 0.330 e. The fraction of sp³-hybridized carbons (Fsp3) is 0.500. The van der Waals surface area contributed by atoms with E-state index in [9.17, 15) is 4.79 Å². The molecule has 0 fully saturated rings. The number of carbonyl (C=O) groups excluding carboxylic acids is 1. The number of aromatic nitrogens is 2. The van der Waals surface area contributed by atoms with Gasteiger partial charge in [0.2, 0.25) is 5.95 Å². The van der Waals surface area contributed by atoms with Gasteiger partial charge in [-0.15, -0.1) is 0 Å². The number of nitrogens with one attached hydrogen (secondary N) is 1. The van der Waals surface area contributed by atoms with Crippen LogP contribution < -0.4 is 5.32 Å². The van der Waals surface area contributed by atoms with Crippen molar-refractivity contribution in [2.45, 2.75) is 33.7 Å². The molecule has 0 aliphatic heterocycles. The summed E-state index contributed by atoms with van der Waals surface area (Å²) in [6.45, 7) is 11.4. The summed E-state index contributed by atoms with van der Waals surface area (Å²) in [7, 11) is 1.37. The van der Waals surface area contributed by atoms with Gasteiger partial charge in [0.15, 0.2) is 0 Å². The lowest BCUT2D eigenvalue weighted by Crippen LogP contribution is -2.27. The van der Waals surface area contributed by atoms with Gasteiger partial charge in [-0.2, -0.15) is 0 Å². The molecule has 0 unspecified atom stereocenters. The highest BCUT2D eigenvalue weighted by molar-refractivity contribution is 5.88. The monoisotopic (exact) mass is 358 g/mol. The van der Waals surface area contributed by atoms with Crippen molar-refractivity contribution in [1.29, 1.82) is 0 Å². The second-order valence-corrected chi connectivity index (χ2v) is 6.15. The van der Waals surface area contributed by atoms with E-state index in [1.807, 2.05) is 12.1 Å². The van der Waals surface area contributed by atoms with Crippen LogP contribution in [0.3, 0.4) is 0 Å². The quantitative estimate of drug-likeness (QED) is 0.521. The van der Waals surface area contributed by atoms with Crippen molar-refractivity contribution in [2.75, 3.05) is 38.6 Å². The second kappa shape index (κ2) is 9.97. The number of methoxy groups -OCH3 is 1. The molecule has 2 rings (SSSR count). The zero-order valence-corrected chi connectivity index (χ0v) is 16.3. The smallest absolute Gasteiger partial charge is 0.330 e. The Kier molecular flexibility index (Phi) is 7.66. The molecule has 26 heavy (non-hydrogen) atoms. The summed E-state index contributed by atoms with van der Waals surface area (Å²) in [5.74, 6) is 0.545. The van der Waals surface area contributed by atoms with Crippen molar-refractivity contribution in [3.63, 3.8) is 0 Å². The van der Waals surface area contributed by atoms with Crippen LogP contribution in [0.4, 0.5) is 5.95 Å². The van der Waals surface area contributed by atoms with Gasteiger partial charge in [-0.25, -0.2) is 9.78 Å². The molecular weight excluding hydrogens is 328 g/mol. The molecule has 142 valence electrons. The number of imidazole rings is 1. The Labute approximate surface area is 155 Å². The highest BCUT2D eigenvalue weighted by Crippen LogP contribution is 2.22. The summed E-state index contributed by atoms with van der Waals surface area (Å²) in [5, 5.41) is 3.43. The third-order valence-electron chi connectivity index (χ3n) is 4.45. The van der Waals surface area contributed by atoms with E-state index in [0.717, 1.165) is 61.7 Å². The Bertz CT molecular complexity index is 748. The third kappa shape index (κ3) is 5.08. The summed E-state index contributed by atoms with van der Waals surface area (Å²) < 4.78 is 6.89. The van der Waals surface area contributed by atoms with E-state index in [0.29, 0.717) is 0 Å². The number of rotatable bonds is 10. The molecule has 1 aromatic carbocycles. The summed E-state index contributed by atoms with van der Waals surface area (Å²) in [5.41, 5.74) is 2.96. The standard InChI is InChI=1S/C20H30N4O2/c1-5-12-21-20-22-17-15-16(9-11-19(25)26-4)8-10-18(17)24(20)14-13-23(6-2)7-3/h8-11,15H,5-7,12-14H2,1-4H3,(H,21,22)/b11-9+. The number of benzene rings is 1. The number of hydrogen-bond donors (Lipinski definition) is 1. The van der Waals surface area contributed by atoms with Crippen LogP contribution in [0, 0.1) is 0 Å². The first-order chi connectivity index (χ1) is 12.6. The van der Waals surface area contributed by atoms with E-state index in [1.54, 1.807) is 6.08 Å². The lowest BCUT2D eigenvalue weighted by atomic mass is 10.2. The van der Waals surface area contributed by atoms with Crippen LogP contribution in [-0.4, -0.2) is 53.7 Å². The molecule has 0 saturated carbocycles. The molecule has 1 N–H and O–H groups in total. The highest BCUT2D eigenvalue weighted by Gasteiger charge is 2.11. The van der Waals surface area contributed by atoms with Gasteiger partial charge in [-0.05, 0) is 43.3 Å². The van der Waals surface area contributed by atoms with E-state index in [1.165, 1.54) is 13.2 Å². The van der Waals surface area contributed by atoms with E-state index in [4.69, 9.17) is 4.98 Å². The topological polar surface area (TPSA) is 59.4 Å². The molecule has 0 amide bonds. The number of anilines is 1. The maximum atomic E-state index is 11.3. The van der Waals surface area contributed by atoms with Crippen molar-refractivity contribution in [3.05, 3.63) is 29.8 Å². The second-order valence-electron chi connectivity index (χ2n) is 6.15. The van der Waals surface area contributed by atoms with Gasteiger partial charge in [-0.3, -0.25) is 0 Å². The number of fused-ring (bicyclic) bond motifs is 1. The molecule has 1 aromatic heterocycles. The Hall–Kier alpha value is -2.34. The van der Waals surface area contributed by atoms with Crippen molar-refractivity contribution in [3.8, 4) is 0 Å². The first-order valence-electron chi connectivity index (χ1n) is 9.35. The summed E-state index contributed by atoms with van der Waals surface area (Å²) >= 11 is 0. The van der Waals surface area contributed by atoms with Gasteiger partial charge in [0.1, 0.15) is 0 Å². The molecule has 0 spiro atoms. The third-order valence-corrected chi connectivity index (χ3v) is 4.45. The van der Waals surface area contributed by atoms with Gasteiger partial charge in [0, 0.05) is 25.7 Å². The molecule has 0 aliphatic carbocycles. The van der Waals surface area contributed by atoms with E-state index >= 15 is 0 Å². The maximum absolute atomic E-state index is 11.3. The molecule has 1 heterocycles. The predicted octanol–water partition coefficient (Wildman–Crippen LogP) is 3.39. The molecule has 2 aromatic rings. The first-order valence-corrected chi connectivity index (χ1v) is 9.35. The summed E-state index contributed by atoms with van der Waals surface area (Å²) in [4.78, 5) is 18.5. The van der Waals surface area contributed by atoms with Crippen molar-refractivity contribution in [1.82, 2.24) is 14.5 Å². The molecule has 6 nitrogen and oxygen atoms in total. The number of hydrogen-bond acceptors (Lipinski definition) is 5. The number of nitrogens with zero attached hydrogens (tertiary/aromatic N) is 3. The highest BCUT2D eigenvalue weighted by atomic mass is 16.5. The minimum atomic E-state index is -0.361.